The molecular formula is C21H32N4O6. The number of anilines is 1. The number of aliphatic hydroxyl groups excluding tert-OH is 2. The van der Waals surface area contributed by atoms with Crippen molar-refractivity contribution in [1.29, 1.82) is 0 Å². The molecule has 0 bridgehead atoms. The fourth-order valence-corrected chi connectivity index (χ4v) is 3.18. The highest BCUT2D eigenvalue weighted by Gasteiger charge is 2.28. The van der Waals surface area contributed by atoms with E-state index in [9.17, 15) is 24.3 Å². The maximum atomic E-state index is 13.0. The molecule has 0 aliphatic carbocycles. The maximum absolute atomic E-state index is 13.0. The molecule has 0 aromatic heterocycles. The van der Waals surface area contributed by atoms with Crippen LogP contribution in [0.2, 0.25) is 0 Å². The Morgan fingerprint density at radius 2 is 1.65 bits per heavy atom. The molecular weight excluding hydrogens is 404 g/mol. The number of aliphatic hydroxyl groups is 2. The third-order valence-corrected chi connectivity index (χ3v) is 5.17. The second kappa shape index (κ2) is 11.4. The van der Waals surface area contributed by atoms with E-state index in [0.717, 1.165) is 0 Å². The van der Waals surface area contributed by atoms with Gasteiger partial charge in [0.05, 0.1) is 6.61 Å². The number of amides is 4. The van der Waals surface area contributed by atoms with E-state index in [1.807, 2.05) is 6.92 Å². The van der Waals surface area contributed by atoms with Gasteiger partial charge in [-0.25, -0.2) is 0 Å². The van der Waals surface area contributed by atoms with Crippen molar-refractivity contribution in [3.8, 4) is 0 Å². The lowest BCUT2D eigenvalue weighted by molar-refractivity contribution is -0.125. The summed E-state index contributed by atoms with van der Waals surface area (Å²) < 4.78 is 0. The first-order valence-electron chi connectivity index (χ1n) is 9.94. The van der Waals surface area contributed by atoms with Gasteiger partial charge in [-0.15, -0.1) is 0 Å². The van der Waals surface area contributed by atoms with Crippen molar-refractivity contribution in [2.45, 2.75) is 33.8 Å². The number of hydrogen-bond donors (Lipinski definition) is 4. The number of likely N-dealkylation sites (N-methyl/N-ethyl adjacent to an activating group) is 1. The zero-order valence-corrected chi connectivity index (χ0v) is 18.9. The molecule has 4 N–H and O–H groups in total. The highest BCUT2D eigenvalue weighted by atomic mass is 16.3. The Morgan fingerprint density at radius 3 is 2.16 bits per heavy atom. The van der Waals surface area contributed by atoms with Gasteiger partial charge in [0.15, 0.2) is 6.10 Å². The molecule has 1 aromatic rings. The lowest BCUT2D eigenvalue weighted by Gasteiger charge is -2.25. The second-order valence-corrected chi connectivity index (χ2v) is 7.35. The molecule has 0 aliphatic rings. The van der Waals surface area contributed by atoms with E-state index in [4.69, 9.17) is 5.11 Å². The molecule has 0 fully saturated rings. The van der Waals surface area contributed by atoms with E-state index in [1.165, 1.54) is 9.80 Å². The zero-order valence-electron chi connectivity index (χ0n) is 18.9. The third kappa shape index (κ3) is 6.02. The molecule has 1 rings (SSSR count). The van der Waals surface area contributed by atoms with Crippen LogP contribution in [0.3, 0.4) is 0 Å². The molecule has 4 amide bonds. The Hall–Kier alpha value is -2.98. The van der Waals surface area contributed by atoms with Crippen molar-refractivity contribution in [3.63, 3.8) is 0 Å². The minimum atomic E-state index is -1.64. The van der Waals surface area contributed by atoms with E-state index >= 15 is 0 Å². The second-order valence-electron chi connectivity index (χ2n) is 7.35. The lowest BCUT2D eigenvalue weighted by Crippen LogP contribution is -2.35. The molecule has 1 aromatic carbocycles. The SMILES string of the molecule is CCN(C)C(=O)c1c(C)c(NC(=O)C(O)CO)c(C)c(C(=O)NCCN(C)C=O)c1C. The number of carbonyl (C=O) groups is 4. The summed E-state index contributed by atoms with van der Waals surface area (Å²) in [6.07, 6.45) is -1.000. The molecule has 0 spiro atoms. The smallest absolute Gasteiger partial charge is 0.255 e. The minimum Gasteiger partial charge on any atom is -0.393 e. The topological polar surface area (TPSA) is 139 Å². The number of nitrogens with one attached hydrogen (secondary N) is 2. The zero-order chi connectivity index (χ0) is 23.9. The van der Waals surface area contributed by atoms with E-state index in [-0.39, 0.29) is 29.3 Å². The Balaban J connectivity index is 3.55. The lowest BCUT2D eigenvalue weighted by atomic mass is 9.89. The van der Waals surface area contributed by atoms with Crippen LogP contribution in [0.1, 0.15) is 44.3 Å². The van der Waals surface area contributed by atoms with Crippen LogP contribution < -0.4 is 10.6 Å². The van der Waals surface area contributed by atoms with Gasteiger partial charge in [-0.2, -0.15) is 0 Å². The minimum absolute atomic E-state index is 0.198. The first-order chi connectivity index (χ1) is 14.5. The molecule has 31 heavy (non-hydrogen) atoms. The molecule has 1 unspecified atom stereocenters. The van der Waals surface area contributed by atoms with Gasteiger partial charge in [-0.05, 0) is 44.4 Å². The summed E-state index contributed by atoms with van der Waals surface area (Å²) in [4.78, 5) is 51.8. The highest BCUT2D eigenvalue weighted by molar-refractivity contribution is 6.08. The molecule has 1 atom stereocenters. The number of benzene rings is 1. The van der Waals surface area contributed by atoms with E-state index < -0.39 is 24.5 Å². The summed E-state index contributed by atoms with van der Waals surface area (Å²) in [6, 6.07) is 0. The van der Waals surface area contributed by atoms with Crippen molar-refractivity contribution in [2.24, 2.45) is 0 Å². The third-order valence-electron chi connectivity index (χ3n) is 5.17. The Labute approximate surface area is 182 Å². The summed E-state index contributed by atoms with van der Waals surface area (Å²) in [5.74, 6) is -1.62. The fourth-order valence-electron chi connectivity index (χ4n) is 3.18. The van der Waals surface area contributed by atoms with Crippen molar-refractivity contribution in [3.05, 3.63) is 27.8 Å². The number of nitrogens with zero attached hydrogens (tertiary/aromatic N) is 2. The van der Waals surface area contributed by atoms with Crippen LogP contribution in [0.5, 0.6) is 0 Å². The Kier molecular flexibility index (Phi) is 9.60. The standard InChI is InChI=1S/C21H32N4O6/c1-7-25(6)21(31)17-12(2)16(20(30)22-8-9-24(5)11-27)13(3)18(14(17)4)23-19(29)15(28)10-26/h11,15,26,28H,7-10H2,1-6H3,(H,22,30)(H,23,29). The van der Waals surface area contributed by atoms with Crippen LogP contribution in [-0.4, -0.2) is 90.6 Å². The van der Waals surface area contributed by atoms with Gasteiger partial charge < -0.3 is 30.6 Å². The van der Waals surface area contributed by atoms with Gasteiger partial charge >= 0.3 is 0 Å². The van der Waals surface area contributed by atoms with E-state index in [1.54, 1.807) is 34.9 Å². The molecule has 0 saturated heterocycles. The molecule has 172 valence electrons. The molecule has 0 radical (unpaired) electrons. The molecule has 10 nitrogen and oxygen atoms in total. The maximum Gasteiger partial charge on any atom is 0.255 e. The monoisotopic (exact) mass is 436 g/mol. The molecule has 0 aliphatic heterocycles. The Bertz CT molecular complexity index is 855. The van der Waals surface area contributed by atoms with Gasteiger partial charge in [0, 0.05) is 50.5 Å². The quantitative estimate of drug-likeness (QED) is 0.375. The number of hydrogen-bond acceptors (Lipinski definition) is 6. The van der Waals surface area contributed by atoms with E-state index in [0.29, 0.717) is 36.2 Å². The summed E-state index contributed by atoms with van der Waals surface area (Å²) in [5.41, 5.74) is 2.06. The average Bonchev–Trinajstić information content (AvgIpc) is 2.74. The summed E-state index contributed by atoms with van der Waals surface area (Å²) in [7, 11) is 3.21. The van der Waals surface area contributed by atoms with Crippen molar-refractivity contribution in [2.75, 3.05) is 45.7 Å². The largest absolute Gasteiger partial charge is 0.393 e. The van der Waals surface area contributed by atoms with Crippen molar-refractivity contribution < 1.29 is 29.4 Å². The van der Waals surface area contributed by atoms with Gasteiger partial charge in [0.25, 0.3) is 17.7 Å². The molecule has 10 heteroatoms. The molecule has 0 heterocycles. The van der Waals surface area contributed by atoms with Crippen molar-refractivity contribution >= 4 is 29.8 Å². The van der Waals surface area contributed by atoms with Crippen molar-refractivity contribution in [1.82, 2.24) is 15.1 Å². The van der Waals surface area contributed by atoms with Gasteiger partial charge in [-0.1, -0.05) is 0 Å². The predicted molar refractivity (Wildman–Crippen MR) is 116 cm³/mol. The summed E-state index contributed by atoms with van der Waals surface area (Å²) in [6.45, 7) is 6.93. The van der Waals surface area contributed by atoms with Crippen LogP contribution in [0.25, 0.3) is 0 Å². The fraction of sp³-hybridized carbons (Fsp3) is 0.524. The van der Waals surface area contributed by atoms with Crippen LogP contribution in [0.15, 0.2) is 0 Å². The van der Waals surface area contributed by atoms with Gasteiger partial charge in [0.2, 0.25) is 6.41 Å². The summed E-state index contributed by atoms with van der Waals surface area (Å²) >= 11 is 0. The first-order valence-corrected chi connectivity index (χ1v) is 9.94. The predicted octanol–water partition coefficient (Wildman–Crippen LogP) is -0.187. The van der Waals surface area contributed by atoms with Crippen LogP contribution in [0.4, 0.5) is 5.69 Å². The van der Waals surface area contributed by atoms with Gasteiger partial charge in [-0.3, -0.25) is 19.2 Å². The first kappa shape index (κ1) is 26.1. The normalized spacial score (nSPS) is 11.5. The van der Waals surface area contributed by atoms with Gasteiger partial charge in [0.1, 0.15) is 0 Å². The van der Waals surface area contributed by atoms with Crippen LogP contribution >= 0.6 is 0 Å². The van der Waals surface area contributed by atoms with Crippen LogP contribution in [0, 0.1) is 20.8 Å². The highest BCUT2D eigenvalue weighted by Crippen LogP contribution is 2.32. The van der Waals surface area contributed by atoms with E-state index in [2.05, 4.69) is 10.6 Å². The number of rotatable bonds is 10. The van der Waals surface area contributed by atoms with Crippen LogP contribution in [-0.2, 0) is 9.59 Å². The number of carbonyl (C=O) groups excluding carboxylic acids is 4. The molecule has 0 saturated carbocycles. The summed E-state index contributed by atoms with van der Waals surface area (Å²) in [5, 5.41) is 24.0. The average molecular weight is 437 g/mol. The Morgan fingerprint density at radius 1 is 1.06 bits per heavy atom.